The van der Waals surface area contributed by atoms with E-state index in [1.807, 2.05) is 6.92 Å². The summed E-state index contributed by atoms with van der Waals surface area (Å²) in [5.74, 6) is -1.72. The zero-order chi connectivity index (χ0) is 14.1. The first-order valence-corrected chi connectivity index (χ1v) is 6.67. The van der Waals surface area contributed by atoms with Crippen LogP contribution in [0.25, 0.3) is 0 Å². The van der Waals surface area contributed by atoms with Gasteiger partial charge in [-0.1, -0.05) is 26.7 Å². The summed E-state index contributed by atoms with van der Waals surface area (Å²) in [6.07, 6.45) is 3.83. The molecule has 0 rings (SSSR count). The molecular weight excluding hydrogens is 234 g/mol. The number of aliphatic carboxylic acids is 1. The van der Waals surface area contributed by atoms with Crippen LogP contribution in [0.2, 0.25) is 0 Å². The summed E-state index contributed by atoms with van der Waals surface area (Å²) in [5, 5.41) is 19.3. The van der Waals surface area contributed by atoms with Gasteiger partial charge in [0.1, 0.15) is 0 Å². The average Bonchev–Trinajstić information content (AvgIpc) is 2.34. The second kappa shape index (κ2) is 8.91. The number of hydroxylamine groups is 2. The molecule has 0 heterocycles. The second-order valence-corrected chi connectivity index (χ2v) is 4.72. The minimum atomic E-state index is -0.879. The molecule has 2 N–H and O–H groups in total. The summed E-state index contributed by atoms with van der Waals surface area (Å²) in [7, 11) is 0. The first-order valence-electron chi connectivity index (χ1n) is 6.67. The van der Waals surface area contributed by atoms with E-state index in [1.165, 1.54) is 0 Å². The van der Waals surface area contributed by atoms with Crippen LogP contribution in [0, 0.1) is 5.92 Å². The summed E-state index contributed by atoms with van der Waals surface area (Å²) in [6, 6.07) is -0.458. The molecule has 0 spiro atoms. The number of nitrogens with zero attached hydrogens (tertiary/aromatic N) is 1. The molecule has 0 unspecified atom stereocenters. The van der Waals surface area contributed by atoms with Gasteiger partial charge >= 0.3 is 5.97 Å². The van der Waals surface area contributed by atoms with Crippen molar-refractivity contribution in [3.8, 4) is 0 Å². The number of amides is 1. The Morgan fingerprint density at radius 2 is 1.83 bits per heavy atom. The normalized spacial score (nSPS) is 14.0. The summed E-state index contributed by atoms with van der Waals surface area (Å²) < 4.78 is 0. The van der Waals surface area contributed by atoms with Crippen molar-refractivity contribution in [2.45, 2.75) is 65.3 Å². The van der Waals surface area contributed by atoms with E-state index < -0.39 is 17.9 Å². The van der Waals surface area contributed by atoms with Crippen molar-refractivity contribution in [1.29, 1.82) is 0 Å². The number of carboxylic acid groups (broad SMARTS) is 1. The minimum absolute atomic E-state index is 0.280. The molecule has 0 radical (unpaired) electrons. The van der Waals surface area contributed by atoms with Crippen LogP contribution in [0.3, 0.4) is 0 Å². The maximum absolute atomic E-state index is 11.6. The molecule has 0 aliphatic carbocycles. The highest BCUT2D eigenvalue weighted by Gasteiger charge is 2.24. The van der Waals surface area contributed by atoms with Gasteiger partial charge in [-0.2, -0.15) is 0 Å². The molecule has 18 heavy (non-hydrogen) atoms. The molecule has 0 bridgehead atoms. The van der Waals surface area contributed by atoms with Crippen LogP contribution in [0.5, 0.6) is 0 Å². The Morgan fingerprint density at radius 3 is 2.28 bits per heavy atom. The number of unbranched alkanes of at least 4 members (excludes halogenated alkanes) is 2. The van der Waals surface area contributed by atoms with Crippen LogP contribution >= 0.6 is 0 Å². The number of hydrogen-bond acceptors (Lipinski definition) is 3. The predicted molar refractivity (Wildman–Crippen MR) is 68.3 cm³/mol. The van der Waals surface area contributed by atoms with Gasteiger partial charge in [-0.25, -0.2) is 5.06 Å². The van der Waals surface area contributed by atoms with Crippen molar-refractivity contribution in [2.75, 3.05) is 0 Å². The number of carboxylic acids is 1. The smallest absolute Gasteiger partial charge is 0.306 e. The Kier molecular flexibility index (Phi) is 8.37. The summed E-state index contributed by atoms with van der Waals surface area (Å²) in [4.78, 5) is 22.5. The van der Waals surface area contributed by atoms with E-state index in [0.29, 0.717) is 17.9 Å². The highest BCUT2D eigenvalue weighted by Crippen LogP contribution is 2.15. The molecule has 106 valence electrons. The number of hydrogen-bond donors (Lipinski definition) is 2. The maximum atomic E-state index is 11.6. The van der Waals surface area contributed by atoms with Crippen molar-refractivity contribution in [2.24, 2.45) is 5.92 Å². The molecule has 0 aromatic carbocycles. The Bertz CT molecular complexity index is 268. The quantitative estimate of drug-likeness (QED) is 0.379. The molecule has 0 saturated carbocycles. The van der Waals surface area contributed by atoms with Crippen molar-refractivity contribution < 1.29 is 19.9 Å². The summed E-state index contributed by atoms with van der Waals surface area (Å²) >= 11 is 0. The topological polar surface area (TPSA) is 77.8 Å². The summed E-state index contributed by atoms with van der Waals surface area (Å²) in [5.41, 5.74) is 0. The molecular formula is C13H25NO4. The predicted octanol–water partition coefficient (Wildman–Crippen LogP) is 2.67. The number of carbonyl (C=O) groups excluding carboxylic acids is 1. The first-order chi connectivity index (χ1) is 8.43. The van der Waals surface area contributed by atoms with Crippen LogP contribution in [0.4, 0.5) is 0 Å². The maximum Gasteiger partial charge on any atom is 0.306 e. The summed E-state index contributed by atoms with van der Waals surface area (Å²) in [6.45, 7) is 5.50. The van der Waals surface area contributed by atoms with Crippen LogP contribution in [-0.4, -0.2) is 33.3 Å². The third-order valence-corrected chi connectivity index (χ3v) is 3.13. The van der Waals surface area contributed by atoms with Crippen LogP contribution in [-0.2, 0) is 9.59 Å². The van der Waals surface area contributed by atoms with Crippen LogP contribution < -0.4 is 0 Å². The highest BCUT2D eigenvalue weighted by molar-refractivity contribution is 5.75. The van der Waals surface area contributed by atoms with E-state index in [-0.39, 0.29) is 12.3 Å². The van der Waals surface area contributed by atoms with Crippen molar-refractivity contribution in [3.63, 3.8) is 0 Å². The van der Waals surface area contributed by atoms with Gasteiger partial charge in [0.05, 0.1) is 12.0 Å². The van der Waals surface area contributed by atoms with Gasteiger partial charge in [0.15, 0.2) is 0 Å². The fraction of sp³-hybridized carbons (Fsp3) is 0.846. The fourth-order valence-electron chi connectivity index (χ4n) is 1.84. The van der Waals surface area contributed by atoms with Crippen LogP contribution in [0.15, 0.2) is 0 Å². The van der Waals surface area contributed by atoms with Gasteiger partial charge < -0.3 is 5.11 Å². The molecule has 0 fully saturated rings. The molecule has 5 nitrogen and oxygen atoms in total. The fourth-order valence-corrected chi connectivity index (χ4v) is 1.84. The third kappa shape index (κ3) is 6.00. The molecule has 0 aliphatic rings. The Morgan fingerprint density at radius 1 is 1.22 bits per heavy atom. The van der Waals surface area contributed by atoms with Gasteiger partial charge in [0.2, 0.25) is 5.91 Å². The minimum Gasteiger partial charge on any atom is -0.481 e. The van der Waals surface area contributed by atoms with Gasteiger partial charge in [-0.3, -0.25) is 14.8 Å². The van der Waals surface area contributed by atoms with E-state index in [1.54, 1.807) is 13.8 Å². The zero-order valence-electron chi connectivity index (χ0n) is 11.6. The lowest BCUT2D eigenvalue weighted by Gasteiger charge is -2.24. The Labute approximate surface area is 109 Å². The molecule has 0 aliphatic heterocycles. The van der Waals surface area contributed by atoms with Crippen molar-refractivity contribution >= 4 is 11.9 Å². The molecule has 0 aromatic heterocycles. The number of rotatable bonds is 9. The third-order valence-electron chi connectivity index (χ3n) is 3.13. The largest absolute Gasteiger partial charge is 0.481 e. The molecule has 0 saturated heterocycles. The Hall–Kier alpha value is -1.10. The lowest BCUT2D eigenvalue weighted by Crippen LogP contribution is -2.37. The lowest BCUT2D eigenvalue weighted by molar-refractivity contribution is -0.177. The van der Waals surface area contributed by atoms with Gasteiger partial charge in [0, 0.05) is 6.42 Å². The SMILES string of the molecule is CCCCCC(=O)N(O)[C@H](C)C[C@H](CC)C(=O)O. The van der Waals surface area contributed by atoms with E-state index >= 15 is 0 Å². The monoisotopic (exact) mass is 259 g/mol. The van der Waals surface area contributed by atoms with Crippen molar-refractivity contribution in [3.05, 3.63) is 0 Å². The van der Waals surface area contributed by atoms with Gasteiger partial charge in [0.25, 0.3) is 0 Å². The van der Waals surface area contributed by atoms with E-state index in [0.717, 1.165) is 19.3 Å². The Balaban J connectivity index is 4.19. The zero-order valence-corrected chi connectivity index (χ0v) is 11.6. The van der Waals surface area contributed by atoms with Crippen molar-refractivity contribution in [1.82, 2.24) is 5.06 Å². The van der Waals surface area contributed by atoms with E-state index in [4.69, 9.17) is 5.11 Å². The van der Waals surface area contributed by atoms with Gasteiger partial charge in [-0.05, 0) is 26.2 Å². The highest BCUT2D eigenvalue weighted by atomic mass is 16.5. The van der Waals surface area contributed by atoms with E-state index in [2.05, 4.69) is 0 Å². The molecule has 1 amide bonds. The first kappa shape index (κ1) is 16.9. The van der Waals surface area contributed by atoms with Gasteiger partial charge in [-0.15, -0.1) is 0 Å². The molecule has 0 aromatic rings. The average molecular weight is 259 g/mol. The van der Waals surface area contributed by atoms with Crippen LogP contribution in [0.1, 0.15) is 59.3 Å². The molecule has 2 atom stereocenters. The lowest BCUT2D eigenvalue weighted by atomic mass is 9.98. The standard InChI is InChI=1S/C13H25NO4/c1-4-6-7-8-12(15)14(18)10(3)9-11(5-2)13(16)17/h10-11,18H,4-9H2,1-3H3,(H,16,17)/t10-,11+/m1/s1. The number of carbonyl (C=O) groups is 2. The molecule has 5 heteroatoms. The van der Waals surface area contributed by atoms with E-state index in [9.17, 15) is 14.8 Å². The second-order valence-electron chi connectivity index (χ2n) is 4.72.